The van der Waals surface area contributed by atoms with Crippen LogP contribution in [0.4, 0.5) is 24.9 Å². The maximum Gasteiger partial charge on any atom is 0.229 e. The van der Waals surface area contributed by atoms with Crippen LogP contribution >= 0.6 is 0 Å². The molecule has 1 aromatic carbocycles. The summed E-state index contributed by atoms with van der Waals surface area (Å²) in [4.78, 5) is 19.2. The molecule has 4 heterocycles. The van der Waals surface area contributed by atoms with Crippen molar-refractivity contribution in [3.63, 3.8) is 0 Å². The van der Waals surface area contributed by atoms with Gasteiger partial charge in [-0.05, 0) is 70.0 Å². The first-order valence-electron chi connectivity index (χ1n) is 12.8. The molecule has 0 saturated carbocycles. The topological polar surface area (TPSA) is 71.8 Å². The molecule has 4 aromatic rings. The molecule has 7 nitrogen and oxygen atoms in total. The molecule has 38 heavy (non-hydrogen) atoms. The summed E-state index contributed by atoms with van der Waals surface area (Å²) in [6.45, 7) is 10.5. The van der Waals surface area contributed by atoms with Gasteiger partial charge in [0.15, 0.2) is 11.6 Å². The molecule has 0 radical (unpaired) electrons. The first kappa shape index (κ1) is 25.8. The van der Waals surface area contributed by atoms with Crippen LogP contribution in [0.3, 0.4) is 0 Å². The second kappa shape index (κ2) is 10.5. The Bertz CT molecular complexity index is 1500. The van der Waals surface area contributed by atoms with Gasteiger partial charge in [-0.1, -0.05) is 6.92 Å². The monoisotopic (exact) mass is 521 g/mol. The van der Waals surface area contributed by atoms with E-state index in [1.54, 1.807) is 18.2 Å². The Labute approximate surface area is 219 Å². The number of nitrogens with zero attached hydrogens (tertiary/aromatic N) is 6. The van der Waals surface area contributed by atoms with Gasteiger partial charge in [0.1, 0.15) is 28.7 Å². The summed E-state index contributed by atoms with van der Waals surface area (Å²) >= 11 is 0. The molecule has 1 fully saturated rings. The van der Waals surface area contributed by atoms with Gasteiger partial charge in [-0.2, -0.15) is 0 Å². The lowest BCUT2D eigenvalue weighted by molar-refractivity contribution is 0.269. The number of anilines is 2. The molecule has 0 aliphatic carbocycles. The number of fused-ring (bicyclic) bond motifs is 1. The molecule has 0 bridgehead atoms. The van der Waals surface area contributed by atoms with E-state index in [-0.39, 0.29) is 34.6 Å². The highest BCUT2D eigenvalue weighted by molar-refractivity contribution is 5.83. The molecular weight excluding hydrogens is 491 g/mol. The average molecular weight is 522 g/mol. The van der Waals surface area contributed by atoms with Gasteiger partial charge >= 0.3 is 0 Å². The fraction of sp³-hybridized carbons (Fsp3) is 0.357. The Morgan fingerprint density at radius 3 is 2.45 bits per heavy atom. The number of rotatable bonds is 6. The van der Waals surface area contributed by atoms with Crippen LogP contribution in [-0.4, -0.2) is 49.0 Å². The molecule has 1 aliphatic rings. The van der Waals surface area contributed by atoms with Crippen molar-refractivity contribution >= 4 is 28.6 Å². The van der Waals surface area contributed by atoms with Crippen molar-refractivity contribution in [1.29, 1.82) is 0 Å². The number of nitrogens with one attached hydrogen (secondary N) is 1. The average Bonchev–Trinajstić information content (AvgIpc) is 3.26. The van der Waals surface area contributed by atoms with E-state index in [9.17, 15) is 8.78 Å². The standard InChI is InChI=1S/C28H30F3N7/c1-5-37-10-8-18(9-11-37)25(31)19-6-7-24(32-14-19)35-28-33-15-22(30)26(36-28)20-12-21(29)27-23(13-20)38(16(2)3)17(4)34-27/h6-7,12-16H,5,8-11H2,1-4H3,(H,32,33,35,36). The van der Waals surface area contributed by atoms with Crippen LogP contribution in [0.2, 0.25) is 0 Å². The third-order valence-electron chi connectivity index (χ3n) is 6.93. The smallest absolute Gasteiger partial charge is 0.229 e. The van der Waals surface area contributed by atoms with E-state index < -0.39 is 11.6 Å². The van der Waals surface area contributed by atoms with Crippen molar-refractivity contribution in [2.75, 3.05) is 25.0 Å². The Morgan fingerprint density at radius 1 is 1.03 bits per heavy atom. The molecule has 10 heteroatoms. The first-order chi connectivity index (χ1) is 18.2. The zero-order valence-electron chi connectivity index (χ0n) is 21.9. The second-order valence-corrected chi connectivity index (χ2v) is 9.75. The Hall–Kier alpha value is -3.79. The number of piperidine rings is 1. The van der Waals surface area contributed by atoms with Gasteiger partial charge in [-0.3, -0.25) is 0 Å². The number of aryl methyl sites for hydroxylation is 1. The van der Waals surface area contributed by atoms with Crippen LogP contribution in [0.15, 0.2) is 42.2 Å². The van der Waals surface area contributed by atoms with Crippen molar-refractivity contribution in [2.45, 2.75) is 46.6 Å². The van der Waals surface area contributed by atoms with E-state index in [2.05, 4.69) is 37.1 Å². The third kappa shape index (κ3) is 5.00. The summed E-state index contributed by atoms with van der Waals surface area (Å²) in [7, 11) is 0. The summed E-state index contributed by atoms with van der Waals surface area (Å²) in [5.41, 5.74) is 2.23. The fourth-order valence-corrected chi connectivity index (χ4v) is 4.96. The van der Waals surface area contributed by atoms with Crippen molar-refractivity contribution in [3.05, 3.63) is 65.3 Å². The van der Waals surface area contributed by atoms with Gasteiger partial charge in [0.25, 0.3) is 0 Å². The second-order valence-electron chi connectivity index (χ2n) is 9.75. The summed E-state index contributed by atoms with van der Waals surface area (Å²) in [5.74, 6) is -0.339. The van der Waals surface area contributed by atoms with E-state index in [0.29, 0.717) is 35.6 Å². The van der Waals surface area contributed by atoms with Gasteiger partial charge < -0.3 is 14.8 Å². The molecule has 0 unspecified atom stereocenters. The molecule has 1 aliphatic heterocycles. The molecule has 1 saturated heterocycles. The zero-order chi connectivity index (χ0) is 27.0. The van der Waals surface area contributed by atoms with Gasteiger partial charge in [0.2, 0.25) is 5.95 Å². The maximum atomic E-state index is 15.0. The number of imidazole rings is 1. The minimum absolute atomic E-state index is 0.0424. The van der Waals surface area contributed by atoms with Crippen molar-refractivity contribution in [3.8, 4) is 11.3 Å². The van der Waals surface area contributed by atoms with Gasteiger partial charge in [0.05, 0.1) is 11.7 Å². The normalized spacial score (nSPS) is 14.5. The lowest BCUT2D eigenvalue weighted by Gasteiger charge is -2.27. The highest BCUT2D eigenvalue weighted by Gasteiger charge is 2.19. The van der Waals surface area contributed by atoms with Gasteiger partial charge in [-0.15, -0.1) is 0 Å². The number of likely N-dealkylation sites (tertiary alicyclic amines) is 1. The quantitative estimate of drug-likeness (QED) is 0.308. The highest BCUT2D eigenvalue weighted by atomic mass is 19.1. The van der Waals surface area contributed by atoms with Crippen molar-refractivity contribution < 1.29 is 13.2 Å². The Balaban J connectivity index is 1.40. The first-order valence-corrected chi connectivity index (χ1v) is 12.8. The SMILES string of the molecule is CCN1CCC(=C(F)c2ccc(Nc3ncc(F)c(-c4cc(F)c5nc(C)n(C(C)C)c5c4)n3)nc2)CC1. The van der Waals surface area contributed by atoms with Gasteiger partial charge in [-0.25, -0.2) is 33.1 Å². The number of hydrogen-bond donors (Lipinski definition) is 1. The van der Waals surface area contributed by atoms with Crippen molar-refractivity contribution in [1.82, 2.24) is 29.4 Å². The van der Waals surface area contributed by atoms with E-state index in [4.69, 9.17) is 0 Å². The summed E-state index contributed by atoms with van der Waals surface area (Å²) < 4.78 is 46.6. The minimum atomic E-state index is -0.687. The number of aromatic nitrogens is 5. The highest BCUT2D eigenvalue weighted by Crippen LogP contribution is 2.31. The summed E-state index contributed by atoms with van der Waals surface area (Å²) in [6.07, 6.45) is 3.89. The number of hydrogen-bond acceptors (Lipinski definition) is 6. The molecule has 5 rings (SSSR count). The molecule has 3 aromatic heterocycles. The summed E-state index contributed by atoms with van der Waals surface area (Å²) in [6, 6.07) is 6.22. The van der Waals surface area contributed by atoms with Crippen LogP contribution in [0.5, 0.6) is 0 Å². The molecule has 0 atom stereocenters. The molecule has 1 N–H and O–H groups in total. The van der Waals surface area contributed by atoms with Crippen LogP contribution < -0.4 is 5.32 Å². The Kier molecular flexibility index (Phi) is 7.16. The van der Waals surface area contributed by atoms with E-state index >= 15 is 4.39 Å². The zero-order valence-corrected chi connectivity index (χ0v) is 21.9. The third-order valence-corrected chi connectivity index (χ3v) is 6.93. The number of halogens is 3. The van der Waals surface area contributed by atoms with E-state index in [1.165, 1.54) is 12.3 Å². The predicted molar refractivity (Wildman–Crippen MR) is 143 cm³/mol. The van der Waals surface area contributed by atoms with Crippen LogP contribution in [0.25, 0.3) is 28.1 Å². The van der Waals surface area contributed by atoms with Gasteiger partial charge in [0, 0.05) is 36.5 Å². The largest absolute Gasteiger partial charge is 0.326 e. The number of benzene rings is 1. The van der Waals surface area contributed by atoms with Crippen molar-refractivity contribution in [2.24, 2.45) is 0 Å². The molecular formula is C28H30F3N7. The van der Waals surface area contributed by atoms with Crippen LogP contribution in [0, 0.1) is 18.6 Å². The van der Waals surface area contributed by atoms with E-state index in [1.807, 2.05) is 25.3 Å². The predicted octanol–water partition coefficient (Wildman–Crippen LogP) is 6.60. The lowest BCUT2D eigenvalue weighted by atomic mass is 10.0. The van der Waals surface area contributed by atoms with Crippen LogP contribution in [0.1, 0.15) is 51.0 Å². The molecule has 0 spiro atoms. The Morgan fingerprint density at radius 2 is 1.79 bits per heavy atom. The number of pyridine rings is 1. The maximum absolute atomic E-state index is 15.0. The van der Waals surface area contributed by atoms with Crippen LogP contribution in [-0.2, 0) is 0 Å². The lowest BCUT2D eigenvalue weighted by Crippen LogP contribution is -2.30. The summed E-state index contributed by atoms with van der Waals surface area (Å²) in [5, 5.41) is 2.93. The minimum Gasteiger partial charge on any atom is -0.326 e. The molecule has 0 amide bonds. The fourth-order valence-electron chi connectivity index (χ4n) is 4.96. The molecule has 198 valence electrons. The van der Waals surface area contributed by atoms with E-state index in [0.717, 1.165) is 31.4 Å².